The van der Waals surface area contributed by atoms with Crippen molar-refractivity contribution < 1.29 is 17.9 Å². The third-order valence-electron chi connectivity index (χ3n) is 3.86. The van der Waals surface area contributed by atoms with E-state index in [1.54, 1.807) is 17.0 Å². The molecule has 1 aromatic rings. The number of hydrogen-bond acceptors (Lipinski definition) is 6. The van der Waals surface area contributed by atoms with Crippen LogP contribution in [0.4, 0.5) is 0 Å². The Hall–Kier alpha value is -2.41. The Morgan fingerprint density at radius 2 is 1.92 bits per heavy atom. The van der Waals surface area contributed by atoms with Crippen LogP contribution in [0.3, 0.4) is 0 Å². The summed E-state index contributed by atoms with van der Waals surface area (Å²) in [5, 5.41) is 17.2. The molecular weight excluding hydrogens is 356 g/mol. The van der Waals surface area contributed by atoms with Crippen LogP contribution in [-0.4, -0.2) is 44.5 Å². The average molecular weight is 378 g/mol. The second-order valence-electron chi connectivity index (χ2n) is 6.21. The Morgan fingerprint density at radius 3 is 2.42 bits per heavy atom. The summed E-state index contributed by atoms with van der Waals surface area (Å²) in [4.78, 5) is 14.1. The highest BCUT2D eigenvalue weighted by molar-refractivity contribution is 7.89. The Morgan fingerprint density at radius 1 is 1.35 bits per heavy atom. The molecule has 1 saturated heterocycles. The fraction of sp³-hybridized carbons (Fsp3) is 0.412. The molecule has 0 spiro atoms. The van der Waals surface area contributed by atoms with Crippen LogP contribution in [0.25, 0.3) is 0 Å². The molecule has 0 radical (unpaired) electrons. The van der Waals surface area contributed by atoms with E-state index in [1.165, 1.54) is 18.3 Å². The van der Waals surface area contributed by atoms with Crippen molar-refractivity contribution in [3.05, 3.63) is 41.6 Å². The highest BCUT2D eigenvalue weighted by atomic mass is 32.2. The van der Waals surface area contributed by atoms with E-state index >= 15 is 0 Å². The molecule has 0 bridgehead atoms. The number of ether oxygens (including phenoxy) is 1. The molecule has 1 heterocycles. The van der Waals surface area contributed by atoms with Crippen LogP contribution in [-0.2, 0) is 26.1 Å². The van der Waals surface area contributed by atoms with Crippen molar-refractivity contribution in [2.45, 2.75) is 37.5 Å². The first-order valence-corrected chi connectivity index (χ1v) is 9.65. The molecule has 26 heavy (non-hydrogen) atoms. The lowest BCUT2D eigenvalue weighted by Gasteiger charge is -2.35. The van der Waals surface area contributed by atoms with Gasteiger partial charge in [0.2, 0.25) is 10.0 Å². The first kappa shape index (κ1) is 19.9. The summed E-state index contributed by atoms with van der Waals surface area (Å²) in [7, 11) is -3.73. The average Bonchev–Trinajstić information content (AvgIpc) is 2.57. The maximum Gasteiger partial charge on any atom is 0.266 e. The van der Waals surface area contributed by atoms with Gasteiger partial charge in [-0.15, -0.1) is 0 Å². The number of nitriles is 1. The number of sulfonamides is 1. The maximum atomic E-state index is 12.5. The third kappa shape index (κ3) is 5.29. The Balaban J connectivity index is 1.99. The smallest absolute Gasteiger partial charge is 0.266 e. The van der Waals surface area contributed by atoms with Crippen molar-refractivity contribution in [3.8, 4) is 6.07 Å². The van der Waals surface area contributed by atoms with Crippen molar-refractivity contribution in [2.24, 2.45) is 5.14 Å². The molecule has 1 aliphatic rings. The van der Waals surface area contributed by atoms with Gasteiger partial charge in [-0.05, 0) is 31.5 Å². The van der Waals surface area contributed by atoms with Gasteiger partial charge in [0.15, 0.2) is 0 Å². The predicted molar refractivity (Wildman–Crippen MR) is 94.9 cm³/mol. The molecule has 0 saturated carbocycles. The van der Waals surface area contributed by atoms with Gasteiger partial charge in [0.05, 0.1) is 17.1 Å². The van der Waals surface area contributed by atoms with Crippen LogP contribution in [0.1, 0.15) is 19.4 Å². The number of nitrogens with one attached hydrogen (secondary N) is 1. The lowest BCUT2D eigenvalue weighted by atomic mass is 10.2. The van der Waals surface area contributed by atoms with Crippen molar-refractivity contribution in [1.82, 2.24) is 10.2 Å². The van der Waals surface area contributed by atoms with Crippen molar-refractivity contribution in [1.29, 1.82) is 5.26 Å². The predicted octanol–water partition coefficient (Wildman–Crippen LogP) is 0.467. The molecule has 1 aromatic carbocycles. The highest BCUT2D eigenvalue weighted by Gasteiger charge is 2.27. The summed E-state index contributed by atoms with van der Waals surface area (Å²) >= 11 is 0. The fourth-order valence-electron chi connectivity index (χ4n) is 2.72. The normalized spacial score (nSPS) is 21.2. The summed E-state index contributed by atoms with van der Waals surface area (Å²) in [5.74, 6) is -0.341. The second-order valence-corrected chi connectivity index (χ2v) is 7.77. The van der Waals surface area contributed by atoms with Crippen LogP contribution in [0.15, 0.2) is 40.9 Å². The van der Waals surface area contributed by atoms with Crippen molar-refractivity contribution in [2.75, 3.05) is 13.1 Å². The van der Waals surface area contributed by atoms with E-state index < -0.39 is 10.0 Å². The van der Waals surface area contributed by atoms with Gasteiger partial charge in [-0.2, -0.15) is 5.26 Å². The van der Waals surface area contributed by atoms with Gasteiger partial charge in [-0.1, -0.05) is 12.1 Å². The Kier molecular flexibility index (Phi) is 6.37. The van der Waals surface area contributed by atoms with Gasteiger partial charge in [0, 0.05) is 25.8 Å². The van der Waals surface area contributed by atoms with E-state index in [2.05, 4.69) is 5.32 Å². The molecule has 0 aromatic heterocycles. The van der Waals surface area contributed by atoms with Crippen molar-refractivity contribution in [3.63, 3.8) is 0 Å². The topological polar surface area (TPSA) is 126 Å². The second kappa shape index (κ2) is 8.31. The number of hydrogen-bond donors (Lipinski definition) is 2. The van der Waals surface area contributed by atoms with Crippen LogP contribution in [0.2, 0.25) is 0 Å². The van der Waals surface area contributed by atoms with E-state index in [9.17, 15) is 18.5 Å². The summed E-state index contributed by atoms with van der Waals surface area (Å²) in [6, 6.07) is 7.95. The lowest BCUT2D eigenvalue weighted by Crippen LogP contribution is -2.48. The molecule has 9 heteroatoms. The van der Waals surface area contributed by atoms with Gasteiger partial charge in [-0.3, -0.25) is 4.79 Å². The van der Waals surface area contributed by atoms with Gasteiger partial charge < -0.3 is 15.0 Å². The van der Waals surface area contributed by atoms with E-state index in [4.69, 9.17) is 9.88 Å². The number of benzene rings is 1. The minimum absolute atomic E-state index is 0.00690. The molecule has 2 unspecified atom stereocenters. The lowest BCUT2D eigenvalue weighted by molar-refractivity contribution is -0.138. The van der Waals surface area contributed by atoms with Gasteiger partial charge in [-0.25, -0.2) is 13.6 Å². The molecule has 140 valence electrons. The summed E-state index contributed by atoms with van der Waals surface area (Å²) in [6.07, 6.45) is 1.22. The first-order chi connectivity index (χ1) is 12.2. The highest BCUT2D eigenvalue weighted by Crippen LogP contribution is 2.13. The Labute approximate surface area is 153 Å². The van der Waals surface area contributed by atoms with Crippen LogP contribution >= 0.6 is 0 Å². The molecule has 2 atom stereocenters. The first-order valence-electron chi connectivity index (χ1n) is 8.11. The minimum Gasteiger partial charge on any atom is -0.386 e. The van der Waals surface area contributed by atoms with Gasteiger partial charge in [0.1, 0.15) is 11.6 Å². The number of carbonyl (C=O) groups excluding carboxylic acids is 1. The fourth-order valence-corrected chi connectivity index (χ4v) is 3.24. The van der Waals surface area contributed by atoms with Crippen LogP contribution in [0.5, 0.6) is 0 Å². The third-order valence-corrected chi connectivity index (χ3v) is 4.79. The molecule has 1 amide bonds. The van der Waals surface area contributed by atoms with E-state index in [-0.39, 0.29) is 28.6 Å². The van der Waals surface area contributed by atoms with Crippen LogP contribution < -0.4 is 10.5 Å². The molecule has 1 aliphatic heterocycles. The van der Waals surface area contributed by atoms with E-state index in [0.717, 1.165) is 5.56 Å². The maximum absolute atomic E-state index is 12.5. The van der Waals surface area contributed by atoms with E-state index in [0.29, 0.717) is 19.6 Å². The monoisotopic (exact) mass is 378 g/mol. The molecule has 1 fully saturated rings. The van der Waals surface area contributed by atoms with E-state index in [1.807, 2.05) is 19.9 Å². The number of primary sulfonamides is 1. The van der Waals surface area contributed by atoms with Gasteiger partial charge >= 0.3 is 0 Å². The van der Waals surface area contributed by atoms with Crippen LogP contribution in [0, 0.1) is 11.3 Å². The summed E-state index contributed by atoms with van der Waals surface area (Å²) in [6.45, 7) is 4.98. The quantitative estimate of drug-likeness (QED) is 0.566. The number of rotatable bonds is 5. The molecule has 0 aliphatic carbocycles. The zero-order chi connectivity index (χ0) is 19.3. The molecule has 3 N–H and O–H groups in total. The Bertz CT molecular complexity index is 817. The number of amides is 1. The zero-order valence-corrected chi connectivity index (χ0v) is 15.5. The standard InChI is InChI=1S/C17H22N4O4S/c1-12-10-21(11-13(2)25-12)17(22)15(7-18)9-20-8-14-3-5-16(6-4-14)26(19,23)24/h3-6,9,12-13,20H,8,10-11H2,1-2H3,(H2,19,23,24)/b15-9-. The minimum atomic E-state index is -3.73. The number of carbonyl (C=O) groups is 1. The number of nitrogens with two attached hydrogens (primary N) is 1. The molecular formula is C17H22N4O4S. The van der Waals surface area contributed by atoms with Crippen molar-refractivity contribution >= 4 is 15.9 Å². The molecule has 8 nitrogen and oxygen atoms in total. The molecule has 2 rings (SSSR count). The largest absolute Gasteiger partial charge is 0.386 e. The zero-order valence-electron chi connectivity index (χ0n) is 14.7. The van der Waals surface area contributed by atoms with Gasteiger partial charge in [0.25, 0.3) is 5.91 Å². The SMILES string of the molecule is CC1CN(C(=O)/C(C#N)=C\NCc2ccc(S(N)(=O)=O)cc2)CC(C)O1. The number of morpholine rings is 1. The summed E-state index contributed by atoms with van der Waals surface area (Å²) < 4.78 is 28.0. The summed E-state index contributed by atoms with van der Waals surface area (Å²) in [5.41, 5.74) is 0.791. The number of nitrogens with zero attached hydrogens (tertiary/aromatic N) is 2.